The van der Waals surface area contributed by atoms with Gasteiger partial charge >= 0.3 is 0 Å². The minimum Gasteiger partial charge on any atom is -0.308 e. The third kappa shape index (κ3) is 2.68. The van der Waals surface area contributed by atoms with Crippen molar-refractivity contribution in [1.29, 1.82) is 0 Å². The smallest absolute Gasteiger partial charge is 0.162 e. The zero-order valence-electron chi connectivity index (χ0n) is 10.4. The van der Waals surface area contributed by atoms with E-state index in [0.717, 1.165) is 27.7 Å². The highest BCUT2D eigenvalue weighted by Gasteiger charge is 2.08. The maximum atomic E-state index is 5.43. The molecule has 3 N–H and O–H groups in total. The Morgan fingerprint density at radius 1 is 1.28 bits per heavy atom. The molecule has 2 aromatic rings. The number of rotatable bonds is 3. The van der Waals surface area contributed by atoms with E-state index in [1.165, 1.54) is 0 Å². The van der Waals surface area contributed by atoms with Crippen molar-refractivity contribution in [1.82, 2.24) is 9.97 Å². The van der Waals surface area contributed by atoms with Crippen LogP contribution in [0.4, 0.5) is 5.82 Å². The van der Waals surface area contributed by atoms with Gasteiger partial charge in [0.2, 0.25) is 0 Å². The lowest BCUT2D eigenvalue weighted by Gasteiger charge is -2.09. The largest absolute Gasteiger partial charge is 0.308 e. The van der Waals surface area contributed by atoms with Crippen LogP contribution in [0.25, 0.3) is 11.4 Å². The predicted octanol–water partition coefficient (Wildman–Crippen LogP) is 3.06. The zero-order valence-corrected chi connectivity index (χ0v) is 12.0. The van der Waals surface area contributed by atoms with Crippen LogP contribution in [0, 0.1) is 6.92 Å². The third-order valence-electron chi connectivity index (χ3n) is 2.72. The van der Waals surface area contributed by atoms with Crippen molar-refractivity contribution in [3.63, 3.8) is 0 Å². The molecule has 18 heavy (non-hydrogen) atoms. The fraction of sp³-hybridized carbons (Fsp3) is 0.231. The van der Waals surface area contributed by atoms with Gasteiger partial charge in [0.05, 0.1) is 0 Å². The van der Waals surface area contributed by atoms with Crippen LogP contribution in [-0.4, -0.2) is 9.97 Å². The fourth-order valence-corrected chi connectivity index (χ4v) is 2.23. The van der Waals surface area contributed by atoms with Gasteiger partial charge < -0.3 is 5.43 Å². The number of nitrogens with one attached hydrogen (secondary N) is 1. The maximum Gasteiger partial charge on any atom is 0.162 e. The summed E-state index contributed by atoms with van der Waals surface area (Å²) in [6.45, 7) is 4.10. The number of nitrogens with two attached hydrogens (primary N) is 1. The summed E-state index contributed by atoms with van der Waals surface area (Å²) in [4.78, 5) is 8.94. The molecule has 0 bridgehead atoms. The zero-order chi connectivity index (χ0) is 13.1. The Labute approximate surface area is 115 Å². The average molecular weight is 307 g/mol. The molecular weight excluding hydrogens is 292 g/mol. The van der Waals surface area contributed by atoms with Gasteiger partial charge in [-0.25, -0.2) is 15.8 Å². The van der Waals surface area contributed by atoms with E-state index >= 15 is 0 Å². The summed E-state index contributed by atoms with van der Waals surface area (Å²) in [5, 5.41) is 0. The van der Waals surface area contributed by atoms with E-state index in [1.807, 2.05) is 31.2 Å². The molecule has 0 aliphatic rings. The summed E-state index contributed by atoms with van der Waals surface area (Å²) >= 11 is 3.45. The minimum atomic E-state index is 0.638. The number of anilines is 1. The normalized spacial score (nSPS) is 10.4. The van der Waals surface area contributed by atoms with Gasteiger partial charge in [-0.3, -0.25) is 0 Å². The number of halogens is 1. The summed E-state index contributed by atoms with van der Waals surface area (Å²) in [5.74, 6) is 6.77. The Bertz CT molecular complexity index is 547. The van der Waals surface area contributed by atoms with Crippen molar-refractivity contribution in [2.75, 3.05) is 5.43 Å². The molecule has 0 spiro atoms. The van der Waals surface area contributed by atoms with E-state index in [9.17, 15) is 0 Å². The lowest BCUT2D eigenvalue weighted by Crippen LogP contribution is -2.10. The van der Waals surface area contributed by atoms with Gasteiger partial charge in [0.15, 0.2) is 5.82 Å². The number of nitrogens with zero attached hydrogens (tertiary/aromatic N) is 2. The first-order valence-corrected chi connectivity index (χ1v) is 6.54. The molecule has 0 fully saturated rings. The third-order valence-corrected chi connectivity index (χ3v) is 3.21. The van der Waals surface area contributed by atoms with Crippen molar-refractivity contribution >= 4 is 21.7 Å². The number of aromatic nitrogens is 2. The average Bonchev–Trinajstić information content (AvgIpc) is 2.38. The molecule has 0 aliphatic carbocycles. The van der Waals surface area contributed by atoms with Gasteiger partial charge in [-0.1, -0.05) is 22.9 Å². The Kier molecular flexibility index (Phi) is 3.93. The van der Waals surface area contributed by atoms with E-state index in [4.69, 9.17) is 5.84 Å². The molecule has 2 rings (SSSR count). The standard InChI is InChI=1S/C13H15BrN4/c1-3-10-7-12(18-15)17-13(16-10)11-5-4-9(14)6-8(11)2/h4-7H,3,15H2,1-2H3,(H,16,17,18). The Hall–Kier alpha value is -1.46. The number of aryl methyl sites for hydroxylation is 2. The lowest BCUT2D eigenvalue weighted by molar-refractivity contribution is 1.000. The molecule has 0 unspecified atom stereocenters. The molecule has 4 nitrogen and oxygen atoms in total. The summed E-state index contributed by atoms with van der Waals surface area (Å²) in [5.41, 5.74) is 5.69. The molecule has 1 heterocycles. The minimum absolute atomic E-state index is 0.638. The number of hydrogen-bond donors (Lipinski definition) is 2. The molecule has 0 aliphatic heterocycles. The van der Waals surface area contributed by atoms with Crippen LogP contribution in [0.3, 0.4) is 0 Å². The second kappa shape index (κ2) is 5.46. The molecule has 0 saturated heterocycles. The topological polar surface area (TPSA) is 63.8 Å². The summed E-state index contributed by atoms with van der Waals surface area (Å²) in [7, 11) is 0. The van der Waals surface area contributed by atoms with E-state index in [-0.39, 0.29) is 0 Å². The maximum absolute atomic E-state index is 5.43. The van der Waals surface area contributed by atoms with Crippen LogP contribution in [0.1, 0.15) is 18.2 Å². The van der Waals surface area contributed by atoms with Gasteiger partial charge in [0, 0.05) is 21.8 Å². The number of hydrazine groups is 1. The number of benzene rings is 1. The first-order chi connectivity index (χ1) is 8.63. The van der Waals surface area contributed by atoms with Gasteiger partial charge in [0.25, 0.3) is 0 Å². The highest BCUT2D eigenvalue weighted by atomic mass is 79.9. The summed E-state index contributed by atoms with van der Waals surface area (Å²) < 4.78 is 1.05. The molecule has 0 radical (unpaired) electrons. The van der Waals surface area contributed by atoms with E-state index < -0.39 is 0 Å². The molecule has 1 aromatic carbocycles. The summed E-state index contributed by atoms with van der Waals surface area (Å²) in [6, 6.07) is 7.90. The number of nitrogen functional groups attached to an aromatic ring is 1. The van der Waals surface area contributed by atoms with Crippen molar-refractivity contribution in [2.24, 2.45) is 5.84 Å². The monoisotopic (exact) mass is 306 g/mol. The molecule has 0 saturated carbocycles. The van der Waals surface area contributed by atoms with E-state index in [2.05, 4.69) is 38.2 Å². The molecule has 1 aromatic heterocycles. The van der Waals surface area contributed by atoms with E-state index in [0.29, 0.717) is 11.6 Å². The molecular formula is C13H15BrN4. The van der Waals surface area contributed by atoms with Gasteiger partial charge in [-0.2, -0.15) is 0 Å². The summed E-state index contributed by atoms with van der Waals surface area (Å²) in [6.07, 6.45) is 0.847. The van der Waals surface area contributed by atoms with Crippen molar-refractivity contribution in [2.45, 2.75) is 20.3 Å². The van der Waals surface area contributed by atoms with Crippen molar-refractivity contribution in [3.05, 3.63) is 40.0 Å². The molecule has 5 heteroatoms. The van der Waals surface area contributed by atoms with Crippen LogP contribution in [0.2, 0.25) is 0 Å². The van der Waals surface area contributed by atoms with Gasteiger partial charge in [-0.05, 0) is 37.1 Å². The van der Waals surface area contributed by atoms with Crippen LogP contribution in [0.15, 0.2) is 28.7 Å². The SMILES string of the molecule is CCc1cc(NN)nc(-c2ccc(Br)cc2C)n1. The second-order valence-electron chi connectivity index (χ2n) is 4.03. The molecule has 0 amide bonds. The Morgan fingerprint density at radius 3 is 2.67 bits per heavy atom. The van der Waals surface area contributed by atoms with Crippen LogP contribution in [-0.2, 0) is 6.42 Å². The quantitative estimate of drug-likeness (QED) is 0.676. The van der Waals surface area contributed by atoms with Gasteiger partial charge in [0.1, 0.15) is 5.82 Å². The second-order valence-corrected chi connectivity index (χ2v) is 4.94. The van der Waals surface area contributed by atoms with Crippen molar-refractivity contribution < 1.29 is 0 Å². The Morgan fingerprint density at radius 2 is 2.06 bits per heavy atom. The first-order valence-electron chi connectivity index (χ1n) is 5.75. The van der Waals surface area contributed by atoms with Gasteiger partial charge in [-0.15, -0.1) is 0 Å². The highest BCUT2D eigenvalue weighted by molar-refractivity contribution is 9.10. The van der Waals surface area contributed by atoms with Crippen LogP contribution >= 0.6 is 15.9 Å². The fourth-order valence-electron chi connectivity index (χ4n) is 1.75. The number of hydrogen-bond acceptors (Lipinski definition) is 4. The molecule has 94 valence electrons. The lowest BCUT2D eigenvalue weighted by atomic mass is 10.1. The predicted molar refractivity (Wildman–Crippen MR) is 77.1 cm³/mol. The van der Waals surface area contributed by atoms with E-state index in [1.54, 1.807) is 0 Å². The molecule has 0 atom stereocenters. The van der Waals surface area contributed by atoms with Crippen LogP contribution in [0.5, 0.6) is 0 Å². The first kappa shape index (κ1) is 13.0. The van der Waals surface area contributed by atoms with Crippen LogP contribution < -0.4 is 11.3 Å². The highest BCUT2D eigenvalue weighted by Crippen LogP contribution is 2.24. The Balaban J connectivity index is 2.55. The van der Waals surface area contributed by atoms with Crippen molar-refractivity contribution in [3.8, 4) is 11.4 Å².